The zero-order chi connectivity index (χ0) is 11.1. The number of nitrogens with one attached hydrogen (secondary N) is 1. The van der Waals surface area contributed by atoms with Gasteiger partial charge in [-0.25, -0.2) is 8.78 Å². The van der Waals surface area contributed by atoms with Crippen LogP contribution in [0.5, 0.6) is 0 Å². The summed E-state index contributed by atoms with van der Waals surface area (Å²) in [6.07, 6.45) is 3.06. The molecule has 0 bridgehead atoms. The highest BCUT2D eigenvalue weighted by atomic mass is 35.5. The van der Waals surface area contributed by atoms with Crippen molar-refractivity contribution in [2.75, 3.05) is 6.54 Å². The van der Waals surface area contributed by atoms with Crippen molar-refractivity contribution in [1.29, 1.82) is 0 Å². The lowest BCUT2D eigenvalue weighted by Crippen LogP contribution is -2.39. The number of hydrogen-bond acceptors (Lipinski definition) is 1. The molecule has 1 nitrogen and oxygen atoms in total. The first-order valence-corrected chi connectivity index (χ1v) is 5.49. The van der Waals surface area contributed by atoms with E-state index in [0.29, 0.717) is 24.4 Å². The van der Waals surface area contributed by atoms with E-state index < -0.39 is 11.6 Å². The predicted molar refractivity (Wildman–Crippen MR) is 57.2 cm³/mol. The van der Waals surface area contributed by atoms with Crippen molar-refractivity contribution in [1.82, 2.24) is 5.32 Å². The van der Waals surface area contributed by atoms with Gasteiger partial charge in [-0.15, -0.1) is 0 Å². The molecule has 3 atom stereocenters. The fraction of sp³-hybridized carbons (Fsp3) is 0.636. The Morgan fingerprint density at radius 2 is 2.33 bits per heavy atom. The summed E-state index contributed by atoms with van der Waals surface area (Å²) >= 11 is 5.83. The van der Waals surface area contributed by atoms with Crippen molar-refractivity contribution >= 4 is 11.6 Å². The second-order valence-electron chi connectivity index (χ2n) is 4.60. The normalized spacial score (nSPS) is 41.3. The second kappa shape index (κ2) is 3.87. The van der Waals surface area contributed by atoms with Gasteiger partial charge in [0.1, 0.15) is 12.0 Å². The zero-order valence-electron chi connectivity index (χ0n) is 8.56. The molecule has 1 heterocycles. The highest BCUT2D eigenvalue weighted by Crippen LogP contribution is 2.41. The van der Waals surface area contributed by atoms with Crippen LogP contribution in [-0.4, -0.2) is 18.8 Å². The van der Waals surface area contributed by atoms with Crippen LogP contribution in [0.15, 0.2) is 23.0 Å². The predicted octanol–water partition coefficient (Wildman–Crippen LogP) is 3.07. The largest absolute Gasteiger partial charge is 0.310 e. The van der Waals surface area contributed by atoms with Crippen LogP contribution in [0.25, 0.3) is 0 Å². The summed E-state index contributed by atoms with van der Waals surface area (Å²) in [6, 6.07) is -0.0271. The minimum atomic E-state index is -0.826. The van der Waals surface area contributed by atoms with Gasteiger partial charge in [0.05, 0.1) is 0 Å². The van der Waals surface area contributed by atoms with Gasteiger partial charge in [-0.05, 0) is 12.5 Å². The summed E-state index contributed by atoms with van der Waals surface area (Å²) in [5.41, 5.74) is -0.406. The molecule has 1 fully saturated rings. The molecule has 1 unspecified atom stereocenters. The maximum atomic E-state index is 13.3. The molecule has 1 saturated heterocycles. The van der Waals surface area contributed by atoms with Gasteiger partial charge in [0.25, 0.3) is 0 Å². The van der Waals surface area contributed by atoms with Crippen LogP contribution in [0.1, 0.15) is 19.8 Å². The quantitative estimate of drug-likeness (QED) is 0.734. The third kappa shape index (κ3) is 2.23. The molecule has 1 aliphatic heterocycles. The van der Waals surface area contributed by atoms with Crippen LogP contribution in [0.4, 0.5) is 8.78 Å². The number of hydrogen-bond donors (Lipinski definition) is 1. The number of halogens is 3. The van der Waals surface area contributed by atoms with E-state index in [4.69, 9.17) is 11.6 Å². The third-order valence-electron chi connectivity index (χ3n) is 3.19. The summed E-state index contributed by atoms with van der Waals surface area (Å²) < 4.78 is 26.4. The molecule has 0 amide bonds. The van der Waals surface area contributed by atoms with Crippen LogP contribution in [0.3, 0.4) is 0 Å². The fourth-order valence-electron chi connectivity index (χ4n) is 2.39. The maximum absolute atomic E-state index is 13.3. The molecule has 0 spiro atoms. The molecule has 84 valence electrons. The Kier molecular flexibility index (Phi) is 2.86. The summed E-state index contributed by atoms with van der Waals surface area (Å²) in [4.78, 5) is 0. The van der Waals surface area contributed by atoms with Gasteiger partial charge in [-0.3, -0.25) is 0 Å². The molecule has 0 radical (unpaired) electrons. The lowest BCUT2D eigenvalue weighted by molar-refractivity contribution is 0.267. The topological polar surface area (TPSA) is 12.0 Å². The standard InChI is InChI=1S/C11H14ClF2N/c1-11(10-3-9(14)6-15-10)4-7(12)2-8(13)5-11/h2,4,9-10,15H,3,5-6H2,1H3/t9-,10+,11?/m0/s1. The average molecular weight is 234 g/mol. The van der Waals surface area contributed by atoms with E-state index in [0.717, 1.165) is 0 Å². The minimum absolute atomic E-state index is 0.0271. The van der Waals surface area contributed by atoms with Crippen molar-refractivity contribution in [3.05, 3.63) is 23.0 Å². The molecular formula is C11H14ClF2N. The minimum Gasteiger partial charge on any atom is -0.310 e. The Balaban J connectivity index is 2.17. The number of rotatable bonds is 1. The summed E-state index contributed by atoms with van der Waals surface area (Å²) in [5.74, 6) is -0.228. The summed E-state index contributed by atoms with van der Waals surface area (Å²) in [6.45, 7) is 2.27. The molecule has 2 aliphatic rings. The zero-order valence-corrected chi connectivity index (χ0v) is 9.32. The molecule has 4 heteroatoms. The van der Waals surface area contributed by atoms with Crippen LogP contribution in [0.2, 0.25) is 0 Å². The van der Waals surface area contributed by atoms with E-state index in [1.807, 2.05) is 13.0 Å². The lowest BCUT2D eigenvalue weighted by Gasteiger charge is -2.34. The Labute approximate surface area is 93.2 Å². The third-order valence-corrected chi connectivity index (χ3v) is 3.40. The van der Waals surface area contributed by atoms with Crippen molar-refractivity contribution < 1.29 is 8.78 Å². The van der Waals surface area contributed by atoms with E-state index in [1.54, 1.807) is 0 Å². The lowest BCUT2D eigenvalue weighted by atomic mass is 9.76. The van der Waals surface area contributed by atoms with Gasteiger partial charge < -0.3 is 5.32 Å². The Morgan fingerprint density at radius 3 is 2.87 bits per heavy atom. The fourth-order valence-corrected chi connectivity index (χ4v) is 2.76. The molecule has 0 aromatic carbocycles. The number of alkyl halides is 1. The molecule has 0 aromatic heterocycles. The summed E-state index contributed by atoms with van der Waals surface area (Å²) in [7, 11) is 0. The van der Waals surface area contributed by atoms with Gasteiger partial charge in [0.15, 0.2) is 0 Å². The SMILES string of the molecule is CC1([C@H]2C[C@H](F)CN2)C=C(Cl)C=C(F)C1. The van der Waals surface area contributed by atoms with Crippen LogP contribution in [0, 0.1) is 5.41 Å². The van der Waals surface area contributed by atoms with Crippen molar-refractivity contribution in [3.63, 3.8) is 0 Å². The van der Waals surface area contributed by atoms with Crippen LogP contribution < -0.4 is 5.32 Å². The van der Waals surface area contributed by atoms with Gasteiger partial charge in [-0.1, -0.05) is 24.6 Å². The molecule has 15 heavy (non-hydrogen) atoms. The Morgan fingerprint density at radius 1 is 1.60 bits per heavy atom. The number of allylic oxidation sites excluding steroid dienone is 3. The maximum Gasteiger partial charge on any atom is 0.114 e. The van der Waals surface area contributed by atoms with Crippen molar-refractivity contribution in [2.45, 2.75) is 32.0 Å². The molecule has 1 N–H and O–H groups in total. The van der Waals surface area contributed by atoms with Crippen LogP contribution in [-0.2, 0) is 0 Å². The molecular weight excluding hydrogens is 220 g/mol. The highest BCUT2D eigenvalue weighted by Gasteiger charge is 2.40. The smallest absolute Gasteiger partial charge is 0.114 e. The Hall–Kier alpha value is -0.410. The average Bonchev–Trinajstić information content (AvgIpc) is 2.49. The Bertz CT molecular complexity index is 327. The molecule has 1 aliphatic carbocycles. The van der Waals surface area contributed by atoms with Gasteiger partial charge in [-0.2, -0.15) is 0 Å². The van der Waals surface area contributed by atoms with E-state index in [-0.39, 0.29) is 11.9 Å². The van der Waals surface area contributed by atoms with Crippen LogP contribution >= 0.6 is 11.6 Å². The first-order valence-electron chi connectivity index (χ1n) is 5.11. The van der Waals surface area contributed by atoms with Crippen molar-refractivity contribution in [2.24, 2.45) is 5.41 Å². The highest BCUT2D eigenvalue weighted by molar-refractivity contribution is 6.31. The first kappa shape index (κ1) is 11.1. The van der Waals surface area contributed by atoms with E-state index in [2.05, 4.69) is 5.32 Å². The monoisotopic (exact) mass is 233 g/mol. The van der Waals surface area contributed by atoms with Gasteiger partial charge >= 0.3 is 0 Å². The molecule has 0 aromatic rings. The van der Waals surface area contributed by atoms with E-state index in [1.165, 1.54) is 6.08 Å². The van der Waals surface area contributed by atoms with E-state index >= 15 is 0 Å². The van der Waals surface area contributed by atoms with Crippen molar-refractivity contribution in [3.8, 4) is 0 Å². The molecule has 0 saturated carbocycles. The summed E-state index contributed by atoms with van der Waals surface area (Å²) in [5, 5.41) is 3.49. The first-order chi connectivity index (χ1) is 6.99. The van der Waals surface area contributed by atoms with Gasteiger partial charge in [0, 0.05) is 29.5 Å². The van der Waals surface area contributed by atoms with E-state index in [9.17, 15) is 8.78 Å². The second-order valence-corrected chi connectivity index (χ2v) is 5.03. The molecule has 2 rings (SSSR count). The van der Waals surface area contributed by atoms with Gasteiger partial charge in [0.2, 0.25) is 0 Å².